The molecule has 7 heteroatoms. The van der Waals surface area contributed by atoms with Crippen molar-refractivity contribution in [2.45, 2.75) is 31.1 Å². The summed E-state index contributed by atoms with van der Waals surface area (Å²) in [6.07, 6.45) is 1.20. The van der Waals surface area contributed by atoms with Gasteiger partial charge < -0.3 is 0 Å². The molecule has 1 N–H and O–H groups in total. The Hall–Kier alpha value is -2.67. The van der Waals surface area contributed by atoms with Gasteiger partial charge in [-0.1, -0.05) is 17.7 Å². The predicted molar refractivity (Wildman–Crippen MR) is 94.8 cm³/mol. The van der Waals surface area contributed by atoms with Gasteiger partial charge in [-0.25, -0.2) is 8.42 Å². The van der Waals surface area contributed by atoms with Gasteiger partial charge in [0.2, 0.25) is 11.8 Å². The standard InChI is InChI=1S/C18H18N2O4S/c1-13-5-7-14(8-6-13)19-25(23,24)16-11-9-15(10-12-16)20-17(21)3-2-4-18(20)22/h5-12,19H,2-4H2,1H3. The zero-order valence-electron chi connectivity index (χ0n) is 13.7. The molecular weight excluding hydrogens is 340 g/mol. The van der Waals surface area contributed by atoms with E-state index in [-0.39, 0.29) is 16.7 Å². The summed E-state index contributed by atoms with van der Waals surface area (Å²) in [5.41, 5.74) is 1.89. The van der Waals surface area contributed by atoms with Crippen LogP contribution in [0.1, 0.15) is 24.8 Å². The van der Waals surface area contributed by atoms with E-state index >= 15 is 0 Å². The number of hydrogen-bond acceptors (Lipinski definition) is 4. The molecule has 2 aromatic carbocycles. The highest BCUT2D eigenvalue weighted by Gasteiger charge is 2.27. The van der Waals surface area contributed by atoms with Crippen molar-refractivity contribution in [1.82, 2.24) is 0 Å². The Bertz CT molecular complexity index is 887. The molecule has 1 fully saturated rings. The van der Waals surface area contributed by atoms with Gasteiger partial charge in [-0.05, 0) is 49.7 Å². The fourth-order valence-electron chi connectivity index (χ4n) is 2.65. The Morgan fingerprint density at radius 1 is 0.880 bits per heavy atom. The van der Waals surface area contributed by atoms with E-state index in [2.05, 4.69) is 4.72 Å². The average molecular weight is 358 g/mol. The number of benzene rings is 2. The molecule has 0 aromatic heterocycles. The van der Waals surface area contributed by atoms with Crippen molar-refractivity contribution in [3.63, 3.8) is 0 Å². The summed E-state index contributed by atoms with van der Waals surface area (Å²) in [6.45, 7) is 1.92. The number of amides is 2. The lowest BCUT2D eigenvalue weighted by atomic mass is 10.1. The van der Waals surface area contributed by atoms with Crippen LogP contribution in [0.25, 0.3) is 0 Å². The van der Waals surface area contributed by atoms with Crippen molar-refractivity contribution in [1.29, 1.82) is 0 Å². The number of nitrogens with one attached hydrogen (secondary N) is 1. The first-order valence-corrected chi connectivity index (χ1v) is 9.40. The third-order valence-corrected chi connectivity index (χ3v) is 5.39. The zero-order valence-corrected chi connectivity index (χ0v) is 14.5. The van der Waals surface area contributed by atoms with Gasteiger partial charge in [0.15, 0.2) is 0 Å². The summed E-state index contributed by atoms with van der Waals surface area (Å²) in [5.74, 6) is -0.519. The molecule has 0 radical (unpaired) electrons. The molecule has 1 aliphatic heterocycles. The minimum absolute atomic E-state index is 0.0636. The molecule has 2 amide bonds. The van der Waals surface area contributed by atoms with Crippen LogP contribution in [0.2, 0.25) is 0 Å². The smallest absolute Gasteiger partial charge is 0.261 e. The topological polar surface area (TPSA) is 83.6 Å². The molecule has 2 aromatic rings. The minimum Gasteiger partial charge on any atom is -0.280 e. The number of piperidine rings is 1. The van der Waals surface area contributed by atoms with Gasteiger partial charge in [0, 0.05) is 18.5 Å². The molecule has 0 spiro atoms. The molecule has 0 aliphatic carbocycles. The number of carbonyl (C=O) groups is 2. The lowest BCUT2D eigenvalue weighted by Crippen LogP contribution is -2.40. The highest BCUT2D eigenvalue weighted by atomic mass is 32.2. The van der Waals surface area contributed by atoms with Gasteiger partial charge in [0.05, 0.1) is 10.6 Å². The third kappa shape index (κ3) is 3.71. The van der Waals surface area contributed by atoms with Crippen LogP contribution in [0.3, 0.4) is 0 Å². The molecule has 6 nitrogen and oxygen atoms in total. The van der Waals surface area contributed by atoms with Crippen molar-refractivity contribution < 1.29 is 18.0 Å². The van der Waals surface area contributed by atoms with Crippen LogP contribution in [0.5, 0.6) is 0 Å². The maximum atomic E-state index is 12.4. The first-order chi connectivity index (χ1) is 11.9. The van der Waals surface area contributed by atoms with Crippen LogP contribution in [-0.4, -0.2) is 20.2 Å². The molecule has 0 atom stereocenters. The van der Waals surface area contributed by atoms with Crippen molar-refractivity contribution in [2.75, 3.05) is 9.62 Å². The van der Waals surface area contributed by atoms with Crippen LogP contribution in [0.4, 0.5) is 11.4 Å². The molecule has 0 unspecified atom stereocenters. The summed E-state index contributed by atoms with van der Waals surface area (Å²) in [6, 6.07) is 12.7. The van der Waals surface area contributed by atoms with Gasteiger partial charge in [-0.2, -0.15) is 0 Å². The fraction of sp³-hybridized carbons (Fsp3) is 0.222. The van der Waals surface area contributed by atoms with Gasteiger partial charge in [0.25, 0.3) is 10.0 Å². The Balaban J connectivity index is 1.82. The Morgan fingerprint density at radius 2 is 1.44 bits per heavy atom. The second-order valence-electron chi connectivity index (χ2n) is 5.94. The van der Waals surface area contributed by atoms with Gasteiger partial charge in [-0.15, -0.1) is 0 Å². The predicted octanol–water partition coefficient (Wildman–Crippen LogP) is 2.84. The summed E-state index contributed by atoms with van der Waals surface area (Å²) in [4.78, 5) is 25.0. The number of imide groups is 1. The number of aryl methyl sites for hydroxylation is 1. The van der Waals surface area contributed by atoms with E-state index in [0.29, 0.717) is 30.6 Å². The largest absolute Gasteiger partial charge is 0.280 e. The fourth-order valence-corrected chi connectivity index (χ4v) is 3.71. The molecule has 1 heterocycles. The van der Waals surface area contributed by atoms with E-state index in [9.17, 15) is 18.0 Å². The molecule has 1 saturated heterocycles. The number of rotatable bonds is 4. The molecule has 0 bridgehead atoms. The van der Waals surface area contributed by atoms with Crippen molar-refractivity contribution in [3.05, 3.63) is 54.1 Å². The summed E-state index contributed by atoms with van der Waals surface area (Å²) in [5, 5.41) is 0. The first-order valence-electron chi connectivity index (χ1n) is 7.92. The number of nitrogens with zero attached hydrogens (tertiary/aromatic N) is 1. The van der Waals surface area contributed by atoms with Gasteiger partial charge >= 0.3 is 0 Å². The molecule has 130 valence electrons. The molecular formula is C18H18N2O4S. The number of hydrogen-bond donors (Lipinski definition) is 1. The van der Waals surface area contributed by atoms with Gasteiger partial charge in [-0.3, -0.25) is 19.2 Å². The van der Waals surface area contributed by atoms with E-state index < -0.39 is 10.0 Å². The number of carbonyl (C=O) groups excluding carboxylic acids is 2. The highest BCUT2D eigenvalue weighted by molar-refractivity contribution is 7.92. The number of sulfonamides is 1. The van der Waals surface area contributed by atoms with Crippen LogP contribution in [0.15, 0.2) is 53.4 Å². The van der Waals surface area contributed by atoms with Crippen LogP contribution in [-0.2, 0) is 19.6 Å². The maximum absolute atomic E-state index is 12.4. The average Bonchev–Trinajstić information content (AvgIpc) is 2.57. The van der Waals surface area contributed by atoms with Gasteiger partial charge in [0.1, 0.15) is 0 Å². The maximum Gasteiger partial charge on any atom is 0.261 e. The third-order valence-electron chi connectivity index (χ3n) is 3.99. The van der Waals surface area contributed by atoms with Crippen molar-refractivity contribution in [2.24, 2.45) is 0 Å². The lowest BCUT2D eigenvalue weighted by molar-refractivity contribution is -0.129. The SMILES string of the molecule is Cc1ccc(NS(=O)(=O)c2ccc(N3C(=O)CCCC3=O)cc2)cc1. The summed E-state index contributed by atoms with van der Waals surface area (Å²) < 4.78 is 27.4. The first kappa shape index (κ1) is 17.2. The second kappa shape index (κ2) is 6.68. The Morgan fingerprint density at radius 3 is 2.00 bits per heavy atom. The normalized spacial score (nSPS) is 15.3. The van der Waals surface area contributed by atoms with E-state index in [1.165, 1.54) is 24.3 Å². The van der Waals surface area contributed by atoms with E-state index in [1.54, 1.807) is 12.1 Å². The minimum atomic E-state index is -3.74. The monoisotopic (exact) mass is 358 g/mol. The number of anilines is 2. The lowest BCUT2D eigenvalue weighted by Gasteiger charge is -2.24. The van der Waals surface area contributed by atoms with Crippen molar-refractivity contribution in [3.8, 4) is 0 Å². The molecule has 0 saturated carbocycles. The highest BCUT2D eigenvalue weighted by Crippen LogP contribution is 2.24. The Labute approximate surface area is 146 Å². The van der Waals surface area contributed by atoms with E-state index in [0.717, 1.165) is 10.5 Å². The summed E-state index contributed by atoms with van der Waals surface area (Å²) in [7, 11) is -3.74. The zero-order chi connectivity index (χ0) is 18.0. The second-order valence-corrected chi connectivity index (χ2v) is 7.62. The van der Waals surface area contributed by atoms with Crippen molar-refractivity contribution >= 4 is 33.2 Å². The molecule has 3 rings (SSSR count). The van der Waals surface area contributed by atoms with Crippen LogP contribution >= 0.6 is 0 Å². The molecule has 1 aliphatic rings. The van der Waals surface area contributed by atoms with Crippen LogP contribution in [0, 0.1) is 6.92 Å². The van der Waals surface area contributed by atoms with E-state index in [4.69, 9.17) is 0 Å². The van der Waals surface area contributed by atoms with Crippen LogP contribution < -0.4 is 9.62 Å². The van der Waals surface area contributed by atoms with E-state index in [1.807, 2.05) is 19.1 Å². The summed E-state index contributed by atoms with van der Waals surface area (Å²) >= 11 is 0. The Kier molecular flexibility index (Phi) is 4.59. The molecule has 25 heavy (non-hydrogen) atoms. The quantitative estimate of drug-likeness (QED) is 0.852.